The van der Waals surface area contributed by atoms with Gasteiger partial charge in [-0.2, -0.15) is 0 Å². The van der Waals surface area contributed by atoms with E-state index in [1.54, 1.807) is 19.1 Å². The number of fused-ring (bicyclic) bond motifs is 1. The predicted molar refractivity (Wildman–Crippen MR) is 96.7 cm³/mol. The zero-order valence-corrected chi connectivity index (χ0v) is 14.9. The van der Waals surface area contributed by atoms with Crippen LogP contribution in [0.2, 0.25) is 5.02 Å². The van der Waals surface area contributed by atoms with Gasteiger partial charge < -0.3 is 9.67 Å². The van der Waals surface area contributed by atoms with Crippen LogP contribution in [0.4, 0.5) is 4.39 Å². The molecule has 2 heterocycles. The van der Waals surface area contributed by atoms with E-state index < -0.39 is 11.8 Å². The Morgan fingerprint density at radius 1 is 1.36 bits per heavy atom. The lowest BCUT2D eigenvalue weighted by Crippen LogP contribution is -2.07. The van der Waals surface area contributed by atoms with Crippen LogP contribution in [0, 0.1) is 18.7 Å². The zero-order chi connectivity index (χ0) is 18.3. The molecule has 1 aromatic carbocycles. The summed E-state index contributed by atoms with van der Waals surface area (Å²) < 4.78 is 15.8. The van der Waals surface area contributed by atoms with Crippen LogP contribution in [0.1, 0.15) is 29.9 Å². The lowest BCUT2D eigenvalue weighted by Gasteiger charge is -2.08. The van der Waals surface area contributed by atoms with Crippen molar-refractivity contribution in [2.24, 2.45) is 5.92 Å². The zero-order valence-electron chi connectivity index (χ0n) is 14.2. The van der Waals surface area contributed by atoms with Crippen LogP contribution in [0.5, 0.6) is 0 Å². The van der Waals surface area contributed by atoms with Crippen molar-refractivity contribution >= 4 is 28.6 Å². The highest BCUT2D eigenvalue weighted by atomic mass is 35.5. The Bertz CT molecular complexity index is 979. The van der Waals surface area contributed by atoms with E-state index in [2.05, 4.69) is 18.8 Å². The third kappa shape index (κ3) is 3.24. The molecule has 25 heavy (non-hydrogen) atoms. The number of aryl methyl sites for hydroxylation is 1. The molecule has 0 amide bonds. The molecule has 3 rings (SSSR count). The molecule has 0 saturated heterocycles. The summed E-state index contributed by atoms with van der Waals surface area (Å²) in [4.78, 5) is 15.8. The van der Waals surface area contributed by atoms with E-state index in [1.807, 2.05) is 10.8 Å². The van der Waals surface area contributed by atoms with Gasteiger partial charge in [0.15, 0.2) is 5.69 Å². The molecule has 4 nitrogen and oxygen atoms in total. The van der Waals surface area contributed by atoms with Crippen molar-refractivity contribution in [1.82, 2.24) is 9.55 Å². The monoisotopic (exact) mass is 360 g/mol. The van der Waals surface area contributed by atoms with Gasteiger partial charge >= 0.3 is 5.97 Å². The van der Waals surface area contributed by atoms with Gasteiger partial charge in [0.2, 0.25) is 0 Å². The number of carboxylic acids is 1. The standard InChI is InChI=1S/C19H18ClFN2O2/c1-10(2)8-23-9-14(12-4-5-15(20)16(21)7-12)13-6-11(3)17(19(24)25)22-18(13)23/h4-7,9-10H,8H2,1-3H3,(H,24,25). The second-order valence-electron chi connectivity index (χ2n) is 6.55. The summed E-state index contributed by atoms with van der Waals surface area (Å²) in [7, 11) is 0. The van der Waals surface area contributed by atoms with Crippen molar-refractivity contribution in [2.45, 2.75) is 27.3 Å². The maximum absolute atomic E-state index is 13.9. The Kier molecular flexibility index (Phi) is 4.52. The average Bonchev–Trinajstić information content (AvgIpc) is 2.86. The molecule has 0 saturated carbocycles. The highest BCUT2D eigenvalue weighted by Gasteiger charge is 2.18. The molecule has 0 bridgehead atoms. The van der Waals surface area contributed by atoms with E-state index in [0.717, 1.165) is 10.9 Å². The minimum Gasteiger partial charge on any atom is -0.477 e. The summed E-state index contributed by atoms with van der Waals surface area (Å²) >= 11 is 5.78. The van der Waals surface area contributed by atoms with Crippen LogP contribution < -0.4 is 0 Å². The Morgan fingerprint density at radius 3 is 2.68 bits per heavy atom. The quantitative estimate of drug-likeness (QED) is 0.699. The minimum absolute atomic E-state index is 0.0319. The van der Waals surface area contributed by atoms with Gasteiger partial charge in [-0.1, -0.05) is 31.5 Å². The highest BCUT2D eigenvalue weighted by Crippen LogP contribution is 2.33. The van der Waals surface area contributed by atoms with E-state index in [1.165, 1.54) is 12.1 Å². The Balaban J connectivity index is 2.29. The number of rotatable bonds is 4. The summed E-state index contributed by atoms with van der Waals surface area (Å²) in [6.07, 6.45) is 1.89. The minimum atomic E-state index is -1.06. The Hall–Kier alpha value is -2.40. The molecule has 0 aliphatic rings. The molecule has 0 radical (unpaired) electrons. The van der Waals surface area contributed by atoms with E-state index in [0.29, 0.717) is 29.2 Å². The maximum Gasteiger partial charge on any atom is 0.354 e. The van der Waals surface area contributed by atoms with Crippen molar-refractivity contribution in [3.63, 3.8) is 0 Å². The predicted octanol–water partition coefficient (Wildman–Crippen LogP) is 5.16. The van der Waals surface area contributed by atoms with Crippen LogP contribution in [0.3, 0.4) is 0 Å². The van der Waals surface area contributed by atoms with Gasteiger partial charge in [-0.15, -0.1) is 0 Å². The first-order valence-corrected chi connectivity index (χ1v) is 8.35. The molecular weight excluding hydrogens is 343 g/mol. The second-order valence-corrected chi connectivity index (χ2v) is 6.96. The molecule has 0 aliphatic heterocycles. The molecule has 130 valence electrons. The largest absolute Gasteiger partial charge is 0.477 e. The molecule has 0 unspecified atom stereocenters. The van der Waals surface area contributed by atoms with E-state index >= 15 is 0 Å². The first-order chi connectivity index (χ1) is 11.8. The van der Waals surface area contributed by atoms with Crippen LogP contribution >= 0.6 is 11.6 Å². The molecule has 3 aromatic rings. The lowest BCUT2D eigenvalue weighted by atomic mass is 10.0. The molecular formula is C19H18ClFN2O2. The molecule has 2 aromatic heterocycles. The summed E-state index contributed by atoms with van der Waals surface area (Å²) in [5.74, 6) is -1.20. The number of pyridine rings is 1. The smallest absolute Gasteiger partial charge is 0.354 e. The van der Waals surface area contributed by atoms with Crippen LogP contribution in [-0.4, -0.2) is 20.6 Å². The second kappa shape index (κ2) is 6.48. The van der Waals surface area contributed by atoms with Crippen LogP contribution in [0.25, 0.3) is 22.2 Å². The summed E-state index contributed by atoms with van der Waals surface area (Å²) in [5.41, 5.74) is 2.67. The fourth-order valence-corrected chi connectivity index (χ4v) is 3.07. The van der Waals surface area contributed by atoms with Crippen LogP contribution in [0.15, 0.2) is 30.5 Å². The van der Waals surface area contributed by atoms with Gasteiger partial charge in [0.1, 0.15) is 11.5 Å². The van der Waals surface area contributed by atoms with Crippen molar-refractivity contribution < 1.29 is 14.3 Å². The molecule has 0 spiro atoms. The van der Waals surface area contributed by atoms with Gasteiger partial charge in [0.05, 0.1) is 5.02 Å². The van der Waals surface area contributed by atoms with Gasteiger partial charge in [-0.3, -0.25) is 0 Å². The molecule has 1 N–H and O–H groups in total. The number of benzene rings is 1. The molecule has 0 fully saturated rings. The van der Waals surface area contributed by atoms with Crippen LogP contribution in [-0.2, 0) is 6.54 Å². The SMILES string of the molecule is Cc1cc2c(-c3ccc(Cl)c(F)c3)cn(CC(C)C)c2nc1C(=O)O. The number of carboxylic acid groups (broad SMARTS) is 1. The average molecular weight is 361 g/mol. The number of hydrogen-bond acceptors (Lipinski definition) is 2. The van der Waals surface area contributed by atoms with Crippen molar-refractivity contribution in [3.8, 4) is 11.1 Å². The van der Waals surface area contributed by atoms with E-state index in [-0.39, 0.29) is 10.7 Å². The molecule has 0 atom stereocenters. The van der Waals surface area contributed by atoms with Crippen molar-refractivity contribution in [2.75, 3.05) is 0 Å². The third-order valence-corrected chi connectivity index (χ3v) is 4.34. The van der Waals surface area contributed by atoms with Gasteiger partial charge in [0, 0.05) is 23.7 Å². The molecule has 6 heteroatoms. The number of carbonyl (C=O) groups is 1. The number of aromatic carboxylic acids is 1. The Morgan fingerprint density at radius 2 is 2.08 bits per heavy atom. The fraction of sp³-hybridized carbons (Fsp3) is 0.263. The first kappa shape index (κ1) is 17.4. The van der Waals surface area contributed by atoms with Crippen molar-refractivity contribution in [1.29, 1.82) is 0 Å². The number of aromatic nitrogens is 2. The topological polar surface area (TPSA) is 55.1 Å². The first-order valence-electron chi connectivity index (χ1n) is 7.97. The summed E-state index contributed by atoms with van der Waals surface area (Å²) in [6.45, 7) is 6.53. The highest BCUT2D eigenvalue weighted by molar-refractivity contribution is 6.30. The summed E-state index contributed by atoms with van der Waals surface area (Å²) in [5, 5.41) is 10.2. The normalized spacial score (nSPS) is 11.4. The summed E-state index contributed by atoms with van der Waals surface area (Å²) in [6, 6.07) is 6.45. The van der Waals surface area contributed by atoms with Gasteiger partial charge in [-0.05, 0) is 42.2 Å². The lowest BCUT2D eigenvalue weighted by molar-refractivity contribution is 0.0690. The Labute approximate surface area is 149 Å². The van der Waals surface area contributed by atoms with Crippen molar-refractivity contribution in [3.05, 3.63) is 52.6 Å². The van der Waals surface area contributed by atoms with Gasteiger partial charge in [-0.25, -0.2) is 14.2 Å². The third-order valence-electron chi connectivity index (χ3n) is 4.04. The number of hydrogen-bond donors (Lipinski definition) is 1. The van der Waals surface area contributed by atoms with E-state index in [4.69, 9.17) is 11.6 Å². The number of nitrogens with zero attached hydrogens (tertiary/aromatic N) is 2. The molecule has 0 aliphatic carbocycles. The van der Waals surface area contributed by atoms with Gasteiger partial charge in [0.25, 0.3) is 0 Å². The maximum atomic E-state index is 13.9. The number of halogens is 2. The fourth-order valence-electron chi connectivity index (χ4n) is 2.95. The van der Waals surface area contributed by atoms with E-state index in [9.17, 15) is 14.3 Å².